The lowest BCUT2D eigenvalue weighted by atomic mass is 10.2. The molecule has 2 aliphatic rings. The Morgan fingerprint density at radius 1 is 1.18 bits per heavy atom. The summed E-state index contributed by atoms with van der Waals surface area (Å²) in [5.74, 6) is -0.0321. The van der Waals surface area contributed by atoms with E-state index in [2.05, 4.69) is 10.4 Å². The lowest BCUT2D eigenvalue weighted by Crippen LogP contribution is -2.40. The lowest BCUT2D eigenvalue weighted by Gasteiger charge is -2.25. The van der Waals surface area contributed by atoms with E-state index < -0.39 is 0 Å². The van der Waals surface area contributed by atoms with Gasteiger partial charge in [-0.3, -0.25) is 14.3 Å². The Hall–Kier alpha value is -2.09. The molecule has 1 N–H and O–H groups in total. The number of amides is 2. The van der Waals surface area contributed by atoms with E-state index >= 15 is 0 Å². The molecule has 0 bridgehead atoms. The summed E-state index contributed by atoms with van der Waals surface area (Å²) in [5.41, 5.74) is 1.79. The summed E-state index contributed by atoms with van der Waals surface area (Å²) in [6.07, 6.45) is 2.09. The van der Waals surface area contributed by atoms with Gasteiger partial charge in [0.2, 0.25) is 5.91 Å². The van der Waals surface area contributed by atoms with E-state index in [4.69, 9.17) is 27.9 Å². The van der Waals surface area contributed by atoms with Gasteiger partial charge in [0.05, 0.1) is 23.9 Å². The minimum Gasteiger partial charge on any atom is -0.378 e. The lowest BCUT2D eigenvalue weighted by molar-refractivity contribution is -0.117. The first kappa shape index (κ1) is 19.2. The topological polar surface area (TPSA) is 76.5 Å². The number of anilines is 1. The molecule has 4 rings (SSSR count). The number of nitrogens with zero attached hydrogens (tertiary/aromatic N) is 3. The number of carbonyl (C=O) groups is 2. The van der Waals surface area contributed by atoms with Crippen molar-refractivity contribution in [1.29, 1.82) is 0 Å². The zero-order valence-corrected chi connectivity index (χ0v) is 16.7. The second kappa shape index (κ2) is 8.11. The van der Waals surface area contributed by atoms with Crippen LogP contribution in [0.15, 0.2) is 24.3 Å². The highest BCUT2D eigenvalue weighted by atomic mass is 35.5. The number of hydrogen-bond acceptors (Lipinski definition) is 4. The molecule has 2 fully saturated rings. The van der Waals surface area contributed by atoms with Crippen LogP contribution in [0, 0.1) is 0 Å². The van der Waals surface area contributed by atoms with Crippen molar-refractivity contribution < 1.29 is 14.3 Å². The summed E-state index contributed by atoms with van der Waals surface area (Å²) in [7, 11) is 0. The molecule has 2 aromatic rings. The minimum absolute atomic E-state index is 0.0151. The molecule has 2 heterocycles. The Morgan fingerprint density at radius 2 is 1.93 bits per heavy atom. The number of rotatable bonds is 5. The van der Waals surface area contributed by atoms with Gasteiger partial charge in [0.1, 0.15) is 6.54 Å². The molecule has 0 spiro atoms. The number of carbonyl (C=O) groups excluding carboxylic acids is 2. The quantitative estimate of drug-likeness (QED) is 0.802. The van der Waals surface area contributed by atoms with Gasteiger partial charge in [-0.2, -0.15) is 5.10 Å². The summed E-state index contributed by atoms with van der Waals surface area (Å²) in [5, 5.41) is 8.07. The van der Waals surface area contributed by atoms with Gasteiger partial charge in [0, 0.05) is 29.7 Å². The number of benzene rings is 1. The van der Waals surface area contributed by atoms with E-state index in [0.717, 1.165) is 18.5 Å². The largest absolute Gasteiger partial charge is 0.378 e. The van der Waals surface area contributed by atoms with Crippen LogP contribution in [0.3, 0.4) is 0 Å². The molecule has 1 aromatic carbocycles. The second-order valence-corrected chi connectivity index (χ2v) is 7.81. The molecule has 0 radical (unpaired) electrons. The number of hydrogen-bond donors (Lipinski definition) is 1. The molecule has 1 aliphatic heterocycles. The molecule has 1 aliphatic carbocycles. The van der Waals surface area contributed by atoms with Crippen LogP contribution >= 0.6 is 23.2 Å². The number of aromatic nitrogens is 2. The normalized spacial score (nSPS) is 16.9. The van der Waals surface area contributed by atoms with E-state index in [-0.39, 0.29) is 18.4 Å². The van der Waals surface area contributed by atoms with Crippen LogP contribution in [0.1, 0.15) is 34.9 Å². The van der Waals surface area contributed by atoms with Crippen molar-refractivity contribution in [3.05, 3.63) is 45.7 Å². The van der Waals surface area contributed by atoms with Crippen molar-refractivity contribution in [3.63, 3.8) is 0 Å². The van der Waals surface area contributed by atoms with Crippen LogP contribution < -0.4 is 5.32 Å². The molecule has 0 unspecified atom stereocenters. The zero-order valence-electron chi connectivity index (χ0n) is 15.2. The monoisotopic (exact) mass is 422 g/mol. The maximum atomic E-state index is 12.7. The molecular formula is C19H20Cl2N4O3. The average Bonchev–Trinajstić information content (AvgIpc) is 3.45. The summed E-state index contributed by atoms with van der Waals surface area (Å²) < 4.78 is 6.93. The van der Waals surface area contributed by atoms with Gasteiger partial charge >= 0.3 is 0 Å². The number of halogens is 2. The molecule has 28 heavy (non-hydrogen) atoms. The van der Waals surface area contributed by atoms with Crippen molar-refractivity contribution in [2.45, 2.75) is 25.3 Å². The van der Waals surface area contributed by atoms with Gasteiger partial charge in [-0.1, -0.05) is 23.2 Å². The maximum Gasteiger partial charge on any atom is 0.274 e. The van der Waals surface area contributed by atoms with E-state index in [9.17, 15) is 9.59 Å². The fourth-order valence-electron chi connectivity index (χ4n) is 3.22. The van der Waals surface area contributed by atoms with Crippen LogP contribution in [0.25, 0.3) is 0 Å². The highest BCUT2D eigenvalue weighted by Crippen LogP contribution is 2.40. The van der Waals surface area contributed by atoms with Crippen LogP contribution in [0.5, 0.6) is 0 Å². The Balaban J connectivity index is 1.49. The third-order valence-corrected chi connectivity index (χ3v) is 5.37. The summed E-state index contributed by atoms with van der Waals surface area (Å²) in [4.78, 5) is 27.0. The molecule has 2 amide bonds. The fraction of sp³-hybridized carbons (Fsp3) is 0.421. The third-order valence-electron chi connectivity index (χ3n) is 4.82. The smallest absolute Gasteiger partial charge is 0.274 e. The standard InChI is InChI=1S/C19H20Cl2N4O3/c20-13-3-4-15(14(21)9-13)22-18(26)11-25-17(12-1-2-12)10-16(23-25)19(27)24-5-7-28-8-6-24/h3-4,9-10,12H,1-2,5-8,11H2,(H,22,26). The summed E-state index contributed by atoms with van der Waals surface area (Å²) in [6.45, 7) is 2.19. The van der Waals surface area contributed by atoms with Gasteiger partial charge in [0.25, 0.3) is 5.91 Å². The Kier molecular flexibility index (Phi) is 5.57. The third kappa shape index (κ3) is 4.32. The van der Waals surface area contributed by atoms with E-state index in [1.54, 1.807) is 27.8 Å². The summed E-state index contributed by atoms with van der Waals surface area (Å²) in [6, 6.07) is 6.70. The van der Waals surface area contributed by atoms with Crippen LogP contribution in [0.4, 0.5) is 5.69 Å². The molecule has 9 heteroatoms. The van der Waals surface area contributed by atoms with Crippen molar-refractivity contribution in [3.8, 4) is 0 Å². The predicted octanol–water partition coefficient (Wildman–Crippen LogP) is 3.18. The second-order valence-electron chi connectivity index (χ2n) is 6.96. The van der Waals surface area contributed by atoms with Crippen LogP contribution in [-0.2, 0) is 16.1 Å². The van der Waals surface area contributed by atoms with Crippen molar-refractivity contribution in [1.82, 2.24) is 14.7 Å². The van der Waals surface area contributed by atoms with Crippen LogP contribution in [-0.4, -0.2) is 52.8 Å². The highest BCUT2D eigenvalue weighted by molar-refractivity contribution is 6.36. The van der Waals surface area contributed by atoms with Gasteiger partial charge in [-0.05, 0) is 37.1 Å². The van der Waals surface area contributed by atoms with Gasteiger partial charge < -0.3 is 15.0 Å². The molecular weight excluding hydrogens is 403 g/mol. The summed E-state index contributed by atoms with van der Waals surface area (Å²) >= 11 is 12.0. The minimum atomic E-state index is -0.264. The first-order valence-corrected chi connectivity index (χ1v) is 9.96. The SMILES string of the molecule is O=C(Cn1nc(C(=O)N2CCOCC2)cc1C1CC1)Nc1ccc(Cl)cc1Cl. The van der Waals surface area contributed by atoms with E-state index in [1.807, 2.05) is 6.07 Å². The van der Waals surface area contributed by atoms with Crippen molar-refractivity contribution in [2.24, 2.45) is 0 Å². The number of nitrogens with one attached hydrogen (secondary N) is 1. The molecule has 148 valence electrons. The van der Waals surface area contributed by atoms with E-state index in [1.165, 1.54) is 0 Å². The molecule has 7 nitrogen and oxygen atoms in total. The first-order valence-electron chi connectivity index (χ1n) is 9.21. The molecule has 1 saturated heterocycles. The Morgan fingerprint density at radius 3 is 2.61 bits per heavy atom. The first-order chi connectivity index (χ1) is 13.5. The zero-order chi connectivity index (χ0) is 19.7. The molecule has 0 atom stereocenters. The fourth-order valence-corrected chi connectivity index (χ4v) is 3.67. The van der Waals surface area contributed by atoms with Crippen molar-refractivity contribution in [2.75, 3.05) is 31.6 Å². The van der Waals surface area contributed by atoms with Gasteiger partial charge in [-0.25, -0.2) is 0 Å². The predicted molar refractivity (Wildman–Crippen MR) is 106 cm³/mol. The Bertz CT molecular complexity index is 905. The number of morpholine rings is 1. The van der Waals surface area contributed by atoms with Gasteiger partial charge in [0.15, 0.2) is 5.69 Å². The van der Waals surface area contributed by atoms with Crippen molar-refractivity contribution >= 4 is 40.7 Å². The van der Waals surface area contributed by atoms with Gasteiger partial charge in [-0.15, -0.1) is 0 Å². The van der Waals surface area contributed by atoms with Crippen LogP contribution in [0.2, 0.25) is 10.0 Å². The van der Waals surface area contributed by atoms with E-state index in [0.29, 0.717) is 53.6 Å². The maximum absolute atomic E-state index is 12.7. The highest BCUT2D eigenvalue weighted by Gasteiger charge is 2.31. The average molecular weight is 423 g/mol. The molecule has 1 aromatic heterocycles. The Labute approximate surface area is 172 Å². The molecule has 1 saturated carbocycles. The number of ether oxygens (including phenoxy) is 1.